The standard InChI is InChI=1S/C23H20N4OS2/c1-16(19-13-8-14-29-19)24-20(28)15-30-23-25-21(17-9-4-2-5-10-17)22(26-27-23)18-11-6-3-7-12-18/h2-14,16H,15H2,1H3,(H,24,28). The van der Waals surface area contributed by atoms with E-state index in [0.717, 1.165) is 27.4 Å². The van der Waals surface area contributed by atoms with Crippen molar-refractivity contribution in [2.75, 3.05) is 5.75 Å². The molecular weight excluding hydrogens is 412 g/mol. The highest BCUT2D eigenvalue weighted by Gasteiger charge is 2.15. The van der Waals surface area contributed by atoms with Crippen molar-refractivity contribution in [1.82, 2.24) is 20.5 Å². The van der Waals surface area contributed by atoms with E-state index in [4.69, 9.17) is 4.98 Å². The van der Waals surface area contributed by atoms with Gasteiger partial charge in [0.05, 0.1) is 11.8 Å². The van der Waals surface area contributed by atoms with Gasteiger partial charge in [-0.15, -0.1) is 21.5 Å². The molecule has 30 heavy (non-hydrogen) atoms. The number of nitrogens with one attached hydrogen (secondary N) is 1. The van der Waals surface area contributed by atoms with Crippen LogP contribution in [-0.4, -0.2) is 26.8 Å². The van der Waals surface area contributed by atoms with E-state index in [-0.39, 0.29) is 17.7 Å². The number of thioether (sulfide) groups is 1. The molecule has 2 aromatic carbocycles. The zero-order valence-corrected chi connectivity index (χ0v) is 18.0. The molecule has 5 nitrogen and oxygen atoms in total. The van der Waals surface area contributed by atoms with Crippen LogP contribution in [0.5, 0.6) is 0 Å². The lowest BCUT2D eigenvalue weighted by molar-refractivity contribution is -0.119. The number of aromatic nitrogens is 3. The second-order valence-corrected chi connectivity index (χ2v) is 8.54. The second-order valence-electron chi connectivity index (χ2n) is 6.62. The van der Waals surface area contributed by atoms with Gasteiger partial charge in [-0.25, -0.2) is 4.98 Å². The van der Waals surface area contributed by atoms with Crippen LogP contribution < -0.4 is 5.32 Å². The Bertz CT molecular complexity index is 1100. The Kier molecular flexibility index (Phi) is 6.51. The zero-order chi connectivity index (χ0) is 20.8. The summed E-state index contributed by atoms with van der Waals surface area (Å²) in [6.07, 6.45) is 0. The third kappa shape index (κ3) is 4.93. The minimum atomic E-state index is -0.0575. The monoisotopic (exact) mass is 432 g/mol. The molecule has 2 heterocycles. The number of nitrogens with zero attached hydrogens (tertiary/aromatic N) is 3. The van der Waals surface area contributed by atoms with E-state index >= 15 is 0 Å². The molecule has 0 radical (unpaired) electrons. The summed E-state index contributed by atoms with van der Waals surface area (Å²) in [6, 6.07) is 23.8. The predicted molar refractivity (Wildman–Crippen MR) is 122 cm³/mol. The molecule has 0 aliphatic heterocycles. The fourth-order valence-electron chi connectivity index (χ4n) is 2.98. The molecule has 1 atom stereocenters. The summed E-state index contributed by atoms with van der Waals surface area (Å²) in [6.45, 7) is 1.98. The lowest BCUT2D eigenvalue weighted by Gasteiger charge is -2.12. The SMILES string of the molecule is CC(NC(=O)CSc1nnc(-c2ccccc2)c(-c2ccccc2)n1)c1cccs1. The van der Waals surface area contributed by atoms with Gasteiger partial charge < -0.3 is 5.32 Å². The molecule has 150 valence electrons. The summed E-state index contributed by atoms with van der Waals surface area (Å²) < 4.78 is 0. The van der Waals surface area contributed by atoms with E-state index in [1.165, 1.54) is 11.8 Å². The van der Waals surface area contributed by atoms with E-state index in [1.807, 2.05) is 85.1 Å². The lowest BCUT2D eigenvalue weighted by atomic mass is 10.0. The molecule has 0 fully saturated rings. The Labute approximate surface area is 183 Å². The number of carbonyl (C=O) groups is 1. The minimum absolute atomic E-state index is 0.0162. The highest BCUT2D eigenvalue weighted by Crippen LogP contribution is 2.29. The molecule has 7 heteroatoms. The fraction of sp³-hybridized carbons (Fsp3) is 0.130. The van der Waals surface area contributed by atoms with Crippen LogP contribution in [0.1, 0.15) is 17.8 Å². The molecule has 0 aliphatic rings. The number of thiophene rings is 1. The van der Waals surface area contributed by atoms with Gasteiger partial charge in [0.15, 0.2) is 0 Å². The number of carbonyl (C=O) groups excluding carboxylic acids is 1. The van der Waals surface area contributed by atoms with Crippen molar-refractivity contribution >= 4 is 29.0 Å². The van der Waals surface area contributed by atoms with E-state index in [9.17, 15) is 4.79 Å². The molecule has 0 spiro atoms. The maximum Gasteiger partial charge on any atom is 0.230 e. The maximum absolute atomic E-state index is 12.4. The molecule has 2 aromatic heterocycles. The Hall–Kier alpha value is -3.03. The summed E-state index contributed by atoms with van der Waals surface area (Å²) in [7, 11) is 0. The first-order valence-corrected chi connectivity index (χ1v) is 11.4. The van der Waals surface area contributed by atoms with E-state index in [0.29, 0.717) is 5.16 Å². The molecule has 4 aromatic rings. The van der Waals surface area contributed by atoms with Crippen molar-refractivity contribution < 1.29 is 4.79 Å². The molecule has 1 N–H and O–H groups in total. The van der Waals surface area contributed by atoms with Crippen molar-refractivity contribution in [2.45, 2.75) is 18.1 Å². The third-order valence-corrected chi connectivity index (χ3v) is 6.33. The van der Waals surface area contributed by atoms with E-state index in [2.05, 4.69) is 15.5 Å². The van der Waals surface area contributed by atoms with Crippen LogP contribution in [0.25, 0.3) is 22.5 Å². The Morgan fingerprint density at radius 2 is 1.60 bits per heavy atom. The first-order valence-electron chi connectivity index (χ1n) is 9.52. The van der Waals surface area contributed by atoms with Gasteiger partial charge in [-0.3, -0.25) is 4.79 Å². The van der Waals surface area contributed by atoms with Crippen LogP contribution in [0, 0.1) is 0 Å². The smallest absolute Gasteiger partial charge is 0.230 e. The highest BCUT2D eigenvalue weighted by molar-refractivity contribution is 7.99. The van der Waals surface area contributed by atoms with Crippen molar-refractivity contribution in [1.29, 1.82) is 0 Å². The van der Waals surface area contributed by atoms with Gasteiger partial charge in [-0.1, -0.05) is 78.5 Å². The van der Waals surface area contributed by atoms with Gasteiger partial charge in [0, 0.05) is 16.0 Å². The zero-order valence-electron chi connectivity index (χ0n) is 16.4. The topological polar surface area (TPSA) is 67.8 Å². The molecule has 4 rings (SSSR count). The number of hydrogen-bond donors (Lipinski definition) is 1. The van der Waals surface area contributed by atoms with Crippen LogP contribution in [0.4, 0.5) is 0 Å². The predicted octanol–water partition coefficient (Wildman–Crippen LogP) is 5.24. The van der Waals surface area contributed by atoms with Gasteiger partial charge >= 0.3 is 0 Å². The Morgan fingerprint density at radius 3 is 2.23 bits per heavy atom. The van der Waals surface area contributed by atoms with Crippen molar-refractivity contribution in [3.05, 3.63) is 83.1 Å². The van der Waals surface area contributed by atoms with Gasteiger partial charge in [0.2, 0.25) is 11.1 Å². The molecule has 0 bridgehead atoms. The first-order chi connectivity index (χ1) is 14.7. The molecule has 0 saturated heterocycles. The largest absolute Gasteiger partial charge is 0.348 e. The van der Waals surface area contributed by atoms with Crippen LogP contribution >= 0.6 is 23.1 Å². The van der Waals surface area contributed by atoms with Gasteiger partial charge in [-0.2, -0.15) is 0 Å². The first kappa shape index (κ1) is 20.3. The summed E-state index contributed by atoms with van der Waals surface area (Å²) in [5.74, 6) is 0.175. The fourth-order valence-corrected chi connectivity index (χ4v) is 4.31. The molecule has 1 amide bonds. The van der Waals surface area contributed by atoms with Crippen LogP contribution in [0.2, 0.25) is 0 Å². The number of hydrogen-bond acceptors (Lipinski definition) is 6. The maximum atomic E-state index is 12.4. The van der Waals surface area contributed by atoms with Crippen LogP contribution in [-0.2, 0) is 4.79 Å². The quantitative estimate of drug-likeness (QED) is 0.405. The Balaban J connectivity index is 1.52. The number of benzene rings is 2. The molecule has 0 saturated carbocycles. The van der Waals surface area contributed by atoms with E-state index < -0.39 is 0 Å². The van der Waals surface area contributed by atoms with Gasteiger partial charge in [0.25, 0.3) is 0 Å². The minimum Gasteiger partial charge on any atom is -0.348 e. The normalized spacial score (nSPS) is 11.8. The average Bonchev–Trinajstić information content (AvgIpc) is 3.34. The van der Waals surface area contributed by atoms with Gasteiger partial charge in [-0.05, 0) is 18.4 Å². The van der Waals surface area contributed by atoms with E-state index in [1.54, 1.807) is 11.3 Å². The van der Waals surface area contributed by atoms with Gasteiger partial charge in [0.1, 0.15) is 11.4 Å². The van der Waals surface area contributed by atoms with Crippen molar-refractivity contribution in [3.8, 4) is 22.5 Å². The van der Waals surface area contributed by atoms with Crippen molar-refractivity contribution in [3.63, 3.8) is 0 Å². The summed E-state index contributed by atoms with van der Waals surface area (Å²) >= 11 is 2.92. The highest BCUT2D eigenvalue weighted by atomic mass is 32.2. The Morgan fingerprint density at radius 1 is 0.933 bits per heavy atom. The molecule has 0 aliphatic carbocycles. The molecular formula is C23H20N4OS2. The van der Waals surface area contributed by atoms with Crippen molar-refractivity contribution in [2.24, 2.45) is 0 Å². The van der Waals surface area contributed by atoms with Crippen LogP contribution in [0.15, 0.2) is 83.3 Å². The lowest BCUT2D eigenvalue weighted by Crippen LogP contribution is -2.27. The third-order valence-electron chi connectivity index (χ3n) is 4.44. The summed E-state index contributed by atoms with van der Waals surface area (Å²) in [5, 5.41) is 14.2. The summed E-state index contributed by atoms with van der Waals surface area (Å²) in [5.41, 5.74) is 3.40. The second kappa shape index (κ2) is 9.65. The molecule has 1 unspecified atom stereocenters. The summed E-state index contributed by atoms with van der Waals surface area (Å²) in [4.78, 5) is 18.2. The van der Waals surface area contributed by atoms with Crippen LogP contribution in [0.3, 0.4) is 0 Å². The average molecular weight is 433 g/mol. The number of rotatable bonds is 7. The number of amides is 1.